The number of hydrogen-bond donors (Lipinski definition) is 0. The lowest BCUT2D eigenvalue weighted by Gasteiger charge is -2.25. The summed E-state index contributed by atoms with van der Waals surface area (Å²) in [6.45, 7) is 9.10. The van der Waals surface area contributed by atoms with Crippen molar-refractivity contribution in [2.24, 2.45) is 5.92 Å². The van der Waals surface area contributed by atoms with E-state index < -0.39 is 0 Å². The SMILES string of the molecule is Cc1cc(C)c(N(C)CC(C)C#N)c(C)c1. The molecular formula is C14H20N2. The minimum atomic E-state index is 0.0603. The highest BCUT2D eigenvalue weighted by molar-refractivity contribution is 5.59. The van der Waals surface area contributed by atoms with Gasteiger partial charge in [0.15, 0.2) is 0 Å². The average molecular weight is 216 g/mol. The third-order valence-corrected chi connectivity index (χ3v) is 2.79. The molecule has 1 aromatic carbocycles. The van der Waals surface area contributed by atoms with Gasteiger partial charge in [-0.1, -0.05) is 17.7 Å². The molecule has 0 heterocycles. The maximum atomic E-state index is 8.84. The van der Waals surface area contributed by atoms with Crippen molar-refractivity contribution < 1.29 is 0 Å². The molecule has 0 fully saturated rings. The van der Waals surface area contributed by atoms with Crippen LogP contribution in [0.15, 0.2) is 12.1 Å². The standard InChI is InChI=1S/C14H20N2/c1-10-6-12(3)14(13(4)7-10)16(5)9-11(2)8-15/h6-7,11H,9H2,1-5H3. The minimum absolute atomic E-state index is 0.0603. The summed E-state index contributed by atoms with van der Waals surface area (Å²) >= 11 is 0. The van der Waals surface area contributed by atoms with E-state index in [1.807, 2.05) is 6.92 Å². The molecule has 1 atom stereocenters. The Hall–Kier alpha value is -1.49. The van der Waals surface area contributed by atoms with Gasteiger partial charge in [0.25, 0.3) is 0 Å². The van der Waals surface area contributed by atoms with Crippen molar-refractivity contribution in [3.05, 3.63) is 28.8 Å². The van der Waals surface area contributed by atoms with Gasteiger partial charge in [0.1, 0.15) is 0 Å². The summed E-state index contributed by atoms with van der Waals surface area (Å²) in [5, 5.41) is 8.84. The Labute approximate surface area is 98.5 Å². The molecule has 2 nitrogen and oxygen atoms in total. The number of nitrogens with zero attached hydrogens (tertiary/aromatic N) is 2. The molecule has 1 unspecified atom stereocenters. The van der Waals surface area contributed by atoms with Gasteiger partial charge in [-0.15, -0.1) is 0 Å². The molecule has 16 heavy (non-hydrogen) atoms. The van der Waals surface area contributed by atoms with Crippen molar-refractivity contribution in [3.63, 3.8) is 0 Å². The van der Waals surface area contributed by atoms with Gasteiger partial charge in [0, 0.05) is 19.3 Å². The smallest absolute Gasteiger partial charge is 0.0671 e. The Morgan fingerprint density at radius 1 is 1.25 bits per heavy atom. The van der Waals surface area contributed by atoms with Gasteiger partial charge in [-0.2, -0.15) is 5.26 Å². The molecule has 0 saturated carbocycles. The molecule has 0 saturated heterocycles. The first kappa shape index (κ1) is 12.6. The zero-order chi connectivity index (χ0) is 12.3. The molecular weight excluding hydrogens is 196 g/mol. The van der Waals surface area contributed by atoms with Crippen molar-refractivity contribution in [2.75, 3.05) is 18.5 Å². The first-order valence-corrected chi connectivity index (χ1v) is 5.64. The van der Waals surface area contributed by atoms with E-state index in [1.54, 1.807) is 0 Å². The summed E-state index contributed by atoms with van der Waals surface area (Å²) in [6, 6.07) is 6.65. The van der Waals surface area contributed by atoms with E-state index in [9.17, 15) is 0 Å². The first-order valence-electron chi connectivity index (χ1n) is 5.64. The predicted octanol–water partition coefficient (Wildman–Crippen LogP) is 3.21. The molecule has 0 aromatic heterocycles. The Bertz CT molecular complexity index is 392. The van der Waals surface area contributed by atoms with Crippen LogP contribution in [0, 0.1) is 38.0 Å². The second-order valence-electron chi connectivity index (χ2n) is 4.66. The fourth-order valence-electron chi connectivity index (χ4n) is 2.32. The normalized spacial score (nSPS) is 12.0. The maximum absolute atomic E-state index is 8.84. The molecule has 0 aliphatic rings. The predicted molar refractivity (Wildman–Crippen MR) is 68.7 cm³/mol. The Morgan fingerprint density at radius 2 is 1.75 bits per heavy atom. The Kier molecular flexibility index (Phi) is 3.95. The van der Waals surface area contributed by atoms with Gasteiger partial charge in [-0.05, 0) is 38.8 Å². The Balaban J connectivity index is 3.00. The highest BCUT2D eigenvalue weighted by atomic mass is 15.1. The van der Waals surface area contributed by atoms with Crippen LogP contribution in [0.1, 0.15) is 23.6 Å². The lowest BCUT2D eigenvalue weighted by molar-refractivity contribution is 0.714. The number of hydrogen-bond acceptors (Lipinski definition) is 2. The highest BCUT2D eigenvalue weighted by Gasteiger charge is 2.11. The molecule has 0 aliphatic heterocycles. The third-order valence-electron chi connectivity index (χ3n) is 2.79. The summed E-state index contributed by atoms with van der Waals surface area (Å²) in [5.41, 5.74) is 5.11. The zero-order valence-electron chi connectivity index (χ0n) is 10.8. The van der Waals surface area contributed by atoms with Crippen LogP contribution in [0.3, 0.4) is 0 Å². The molecule has 0 N–H and O–H groups in total. The van der Waals surface area contributed by atoms with Gasteiger partial charge in [0.2, 0.25) is 0 Å². The van der Waals surface area contributed by atoms with Crippen LogP contribution < -0.4 is 4.90 Å². The van der Waals surface area contributed by atoms with Crippen molar-refractivity contribution in [2.45, 2.75) is 27.7 Å². The topological polar surface area (TPSA) is 27.0 Å². The van der Waals surface area contributed by atoms with Crippen LogP contribution in [-0.4, -0.2) is 13.6 Å². The van der Waals surface area contributed by atoms with Gasteiger partial charge in [-0.3, -0.25) is 0 Å². The lowest BCUT2D eigenvalue weighted by atomic mass is 10.0. The van der Waals surface area contributed by atoms with Crippen LogP contribution in [0.25, 0.3) is 0 Å². The highest BCUT2D eigenvalue weighted by Crippen LogP contribution is 2.25. The minimum Gasteiger partial charge on any atom is -0.373 e. The third kappa shape index (κ3) is 2.76. The Morgan fingerprint density at radius 3 is 2.19 bits per heavy atom. The van der Waals surface area contributed by atoms with Crippen LogP contribution in [0.2, 0.25) is 0 Å². The molecule has 0 amide bonds. The van der Waals surface area contributed by atoms with E-state index >= 15 is 0 Å². The summed E-state index contributed by atoms with van der Waals surface area (Å²) in [4.78, 5) is 2.18. The van der Waals surface area contributed by atoms with Gasteiger partial charge < -0.3 is 4.90 Å². The number of aryl methyl sites for hydroxylation is 3. The van der Waals surface area contributed by atoms with E-state index in [0.29, 0.717) is 0 Å². The van der Waals surface area contributed by atoms with Gasteiger partial charge in [0.05, 0.1) is 12.0 Å². The molecule has 1 aromatic rings. The molecule has 0 aliphatic carbocycles. The van der Waals surface area contributed by atoms with Crippen molar-refractivity contribution in [3.8, 4) is 6.07 Å². The summed E-state index contributed by atoms with van der Waals surface area (Å²) in [6.07, 6.45) is 0. The molecule has 0 bridgehead atoms. The zero-order valence-corrected chi connectivity index (χ0v) is 10.8. The summed E-state index contributed by atoms with van der Waals surface area (Å²) in [7, 11) is 2.05. The molecule has 2 heteroatoms. The fourth-order valence-corrected chi connectivity index (χ4v) is 2.32. The van der Waals surface area contributed by atoms with Crippen LogP contribution in [-0.2, 0) is 0 Å². The number of rotatable bonds is 3. The maximum Gasteiger partial charge on any atom is 0.0671 e. The van der Waals surface area contributed by atoms with Crippen molar-refractivity contribution in [1.29, 1.82) is 5.26 Å². The average Bonchev–Trinajstić information content (AvgIpc) is 2.15. The van der Waals surface area contributed by atoms with E-state index in [-0.39, 0.29) is 5.92 Å². The van der Waals surface area contributed by atoms with Gasteiger partial charge in [-0.25, -0.2) is 0 Å². The number of benzene rings is 1. The van der Waals surface area contributed by atoms with Crippen LogP contribution in [0.5, 0.6) is 0 Å². The molecule has 86 valence electrons. The van der Waals surface area contributed by atoms with Crippen LogP contribution in [0.4, 0.5) is 5.69 Å². The first-order chi connectivity index (χ1) is 7.45. The second-order valence-corrected chi connectivity index (χ2v) is 4.66. The molecule has 1 rings (SSSR count). The largest absolute Gasteiger partial charge is 0.373 e. The summed E-state index contributed by atoms with van der Waals surface area (Å²) in [5.74, 6) is 0.0603. The van der Waals surface area contributed by atoms with E-state index in [0.717, 1.165) is 6.54 Å². The van der Waals surface area contributed by atoms with E-state index in [4.69, 9.17) is 5.26 Å². The van der Waals surface area contributed by atoms with Crippen molar-refractivity contribution in [1.82, 2.24) is 0 Å². The van der Waals surface area contributed by atoms with Crippen molar-refractivity contribution >= 4 is 5.69 Å². The number of anilines is 1. The van der Waals surface area contributed by atoms with E-state index in [2.05, 4.69) is 50.9 Å². The summed E-state index contributed by atoms with van der Waals surface area (Å²) < 4.78 is 0. The number of nitriles is 1. The van der Waals surface area contributed by atoms with Gasteiger partial charge >= 0.3 is 0 Å². The molecule has 0 spiro atoms. The van der Waals surface area contributed by atoms with Crippen LogP contribution >= 0.6 is 0 Å². The molecule has 0 radical (unpaired) electrons. The fraction of sp³-hybridized carbons (Fsp3) is 0.500. The monoisotopic (exact) mass is 216 g/mol. The lowest BCUT2D eigenvalue weighted by Crippen LogP contribution is -2.24. The quantitative estimate of drug-likeness (QED) is 0.775. The second kappa shape index (κ2) is 5.03. The van der Waals surface area contributed by atoms with E-state index in [1.165, 1.54) is 22.4 Å².